The molecule has 0 fully saturated rings. The molecule has 0 aliphatic rings. The Morgan fingerprint density at radius 3 is 3.00 bits per heavy atom. The van der Waals surface area contributed by atoms with Crippen LogP contribution in [0.1, 0.15) is 5.56 Å². The molecule has 2 rings (SSSR count). The van der Waals surface area contributed by atoms with E-state index >= 15 is 0 Å². The van der Waals surface area contributed by atoms with Crippen LogP contribution >= 0.6 is 33.9 Å². The van der Waals surface area contributed by atoms with Crippen LogP contribution < -0.4 is 4.90 Å². The number of thiazole rings is 1. The van der Waals surface area contributed by atoms with Crippen molar-refractivity contribution in [3.63, 3.8) is 0 Å². The van der Waals surface area contributed by atoms with Gasteiger partial charge in [0.25, 0.3) is 0 Å². The number of aryl methyl sites for hydroxylation is 1. The summed E-state index contributed by atoms with van der Waals surface area (Å²) in [6, 6.07) is 6.28. The number of hydrogen-bond donors (Lipinski definition) is 0. The highest BCUT2D eigenvalue weighted by molar-refractivity contribution is 14.1. The van der Waals surface area contributed by atoms with E-state index < -0.39 is 0 Å². The van der Waals surface area contributed by atoms with Gasteiger partial charge >= 0.3 is 0 Å². The van der Waals surface area contributed by atoms with Gasteiger partial charge in [-0.2, -0.15) is 0 Å². The monoisotopic (exact) mass is 342 g/mol. The van der Waals surface area contributed by atoms with E-state index in [0.717, 1.165) is 17.2 Å². The van der Waals surface area contributed by atoms with E-state index in [0.29, 0.717) is 0 Å². The molecule has 0 amide bonds. The van der Waals surface area contributed by atoms with Gasteiger partial charge < -0.3 is 4.90 Å². The van der Waals surface area contributed by atoms with Crippen LogP contribution in [0, 0.1) is 16.8 Å². The van der Waals surface area contributed by atoms with Gasteiger partial charge in [-0.3, -0.25) is 0 Å². The van der Waals surface area contributed by atoms with Crippen molar-refractivity contribution in [2.24, 2.45) is 0 Å². The topological polar surface area (TPSA) is 16.1 Å². The summed E-state index contributed by atoms with van der Waals surface area (Å²) in [5.74, 6) is 3.03. The maximum atomic E-state index is 4.64. The molecule has 82 valence electrons. The molecule has 2 nitrogen and oxygen atoms in total. The molecule has 2 aromatic rings. The molecule has 0 bridgehead atoms. The molecule has 1 aromatic heterocycles. The molecule has 0 saturated carbocycles. The Kier molecular flexibility index (Phi) is 3.66. The standard InChI is InChI=1S/C12H11IN2S/c1-9-5-3-6-10-11(9)14-12(16-10)15(2)8-4-7-13/h3,5-6H,8H2,1-2H3. The first-order chi connectivity index (χ1) is 7.72. The summed E-state index contributed by atoms with van der Waals surface area (Å²) in [5, 5.41) is 1.03. The molecule has 0 spiro atoms. The summed E-state index contributed by atoms with van der Waals surface area (Å²) < 4.78 is 4.11. The second kappa shape index (κ2) is 5.02. The van der Waals surface area contributed by atoms with E-state index in [4.69, 9.17) is 0 Å². The fraction of sp³-hybridized carbons (Fsp3) is 0.250. The molecule has 1 heterocycles. The summed E-state index contributed by atoms with van der Waals surface area (Å²) in [6.07, 6.45) is 0. The van der Waals surface area contributed by atoms with Gasteiger partial charge in [0.05, 0.1) is 16.8 Å². The number of aromatic nitrogens is 1. The lowest BCUT2D eigenvalue weighted by atomic mass is 10.2. The smallest absolute Gasteiger partial charge is 0.186 e. The number of fused-ring (bicyclic) bond motifs is 1. The van der Waals surface area contributed by atoms with E-state index in [9.17, 15) is 0 Å². The first-order valence-electron chi connectivity index (χ1n) is 4.88. The van der Waals surface area contributed by atoms with Crippen molar-refractivity contribution < 1.29 is 0 Å². The average Bonchev–Trinajstić information content (AvgIpc) is 2.71. The zero-order valence-electron chi connectivity index (χ0n) is 9.12. The van der Waals surface area contributed by atoms with E-state index in [2.05, 4.69) is 67.4 Å². The van der Waals surface area contributed by atoms with Crippen LogP contribution in [-0.2, 0) is 0 Å². The van der Waals surface area contributed by atoms with Crippen LogP contribution in [0.15, 0.2) is 18.2 Å². The highest BCUT2D eigenvalue weighted by Crippen LogP contribution is 2.29. The Bertz CT molecular complexity index is 565. The normalized spacial score (nSPS) is 9.94. The summed E-state index contributed by atoms with van der Waals surface area (Å²) in [7, 11) is 2.02. The van der Waals surface area contributed by atoms with Gasteiger partial charge in [-0.1, -0.05) is 29.4 Å². The van der Waals surface area contributed by atoms with Crippen molar-refractivity contribution in [3.8, 4) is 9.85 Å². The van der Waals surface area contributed by atoms with Crippen molar-refractivity contribution in [1.29, 1.82) is 0 Å². The Hall–Kier alpha value is -0.800. The number of rotatable bonds is 2. The molecule has 0 aliphatic heterocycles. The van der Waals surface area contributed by atoms with Gasteiger partial charge in [-0.25, -0.2) is 4.98 Å². The van der Waals surface area contributed by atoms with E-state index in [-0.39, 0.29) is 0 Å². The van der Waals surface area contributed by atoms with Gasteiger partial charge in [0.15, 0.2) is 5.13 Å². The number of hydrogen-bond acceptors (Lipinski definition) is 3. The van der Waals surface area contributed by atoms with Gasteiger partial charge in [0.2, 0.25) is 0 Å². The van der Waals surface area contributed by atoms with Gasteiger partial charge in [0, 0.05) is 29.6 Å². The van der Waals surface area contributed by atoms with Crippen molar-refractivity contribution in [2.45, 2.75) is 6.92 Å². The predicted molar refractivity (Wildman–Crippen MR) is 79.4 cm³/mol. The van der Waals surface area contributed by atoms with Crippen LogP contribution in [0.3, 0.4) is 0 Å². The fourth-order valence-electron chi connectivity index (χ4n) is 1.45. The number of para-hydroxylation sites is 1. The lowest BCUT2D eigenvalue weighted by Gasteiger charge is -2.10. The molecule has 1 aromatic carbocycles. The third-order valence-electron chi connectivity index (χ3n) is 2.32. The predicted octanol–water partition coefficient (Wildman–Crippen LogP) is 3.44. The molecule has 0 saturated heterocycles. The fourth-order valence-corrected chi connectivity index (χ4v) is 2.63. The van der Waals surface area contributed by atoms with Gasteiger partial charge in [-0.15, -0.1) is 0 Å². The first-order valence-corrected chi connectivity index (χ1v) is 6.77. The third-order valence-corrected chi connectivity index (χ3v) is 3.84. The summed E-state index contributed by atoms with van der Waals surface area (Å²) in [4.78, 5) is 6.72. The van der Waals surface area contributed by atoms with Crippen molar-refractivity contribution in [1.82, 2.24) is 4.98 Å². The van der Waals surface area contributed by atoms with E-state index in [1.165, 1.54) is 10.3 Å². The molecule has 0 atom stereocenters. The van der Waals surface area contributed by atoms with Gasteiger partial charge in [0.1, 0.15) is 0 Å². The van der Waals surface area contributed by atoms with Crippen LogP contribution in [0.5, 0.6) is 0 Å². The van der Waals surface area contributed by atoms with E-state index in [1.54, 1.807) is 11.3 Å². The lowest BCUT2D eigenvalue weighted by molar-refractivity contribution is 1.04. The molecular weight excluding hydrogens is 331 g/mol. The largest absolute Gasteiger partial charge is 0.340 e. The Morgan fingerprint density at radius 2 is 2.31 bits per heavy atom. The number of nitrogens with zero attached hydrogens (tertiary/aromatic N) is 2. The van der Waals surface area contributed by atoms with Crippen molar-refractivity contribution >= 4 is 49.3 Å². The minimum absolute atomic E-state index is 0.724. The molecule has 4 heteroatoms. The summed E-state index contributed by atoms with van der Waals surface area (Å²) in [5.41, 5.74) is 2.34. The molecule has 0 N–H and O–H groups in total. The number of anilines is 1. The van der Waals surface area contributed by atoms with Crippen LogP contribution in [-0.4, -0.2) is 18.6 Å². The third kappa shape index (κ3) is 2.30. The average molecular weight is 342 g/mol. The van der Waals surface area contributed by atoms with Crippen LogP contribution in [0.2, 0.25) is 0 Å². The molecule has 0 radical (unpaired) electrons. The van der Waals surface area contributed by atoms with Crippen LogP contribution in [0.25, 0.3) is 10.2 Å². The van der Waals surface area contributed by atoms with E-state index in [1.807, 2.05) is 7.05 Å². The zero-order chi connectivity index (χ0) is 11.5. The summed E-state index contributed by atoms with van der Waals surface area (Å²) >= 11 is 3.77. The molecule has 0 unspecified atom stereocenters. The zero-order valence-corrected chi connectivity index (χ0v) is 12.1. The highest BCUT2D eigenvalue weighted by atomic mass is 127. The lowest BCUT2D eigenvalue weighted by Crippen LogP contribution is -2.16. The number of halogens is 1. The molecular formula is C12H11IN2S. The Morgan fingerprint density at radius 1 is 1.50 bits per heavy atom. The SMILES string of the molecule is Cc1cccc2sc(N(C)CC#CI)nc12. The second-order valence-corrected chi connectivity index (χ2v) is 5.09. The first kappa shape index (κ1) is 11.7. The molecule has 0 aliphatic carbocycles. The second-order valence-electron chi connectivity index (χ2n) is 3.55. The highest BCUT2D eigenvalue weighted by Gasteiger charge is 2.08. The maximum absolute atomic E-state index is 4.64. The Balaban J connectivity index is 2.38. The van der Waals surface area contributed by atoms with Crippen molar-refractivity contribution in [2.75, 3.05) is 18.5 Å². The minimum Gasteiger partial charge on any atom is -0.340 e. The maximum Gasteiger partial charge on any atom is 0.186 e. The number of benzene rings is 1. The van der Waals surface area contributed by atoms with Gasteiger partial charge in [-0.05, 0) is 22.5 Å². The summed E-state index contributed by atoms with van der Waals surface area (Å²) in [6.45, 7) is 2.82. The quantitative estimate of drug-likeness (QED) is 0.614. The van der Waals surface area contributed by atoms with Crippen LogP contribution in [0.4, 0.5) is 5.13 Å². The Labute approximate surface area is 113 Å². The molecule has 16 heavy (non-hydrogen) atoms. The minimum atomic E-state index is 0.724. The van der Waals surface area contributed by atoms with Crippen molar-refractivity contribution in [3.05, 3.63) is 23.8 Å².